The molecule has 0 saturated carbocycles. The highest BCUT2D eigenvalue weighted by Gasteiger charge is 2.32. The number of H-pyrrole nitrogens is 1. The second-order valence-electron chi connectivity index (χ2n) is 6.91. The van der Waals surface area contributed by atoms with Crippen LogP contribution in [0.2, 0.25) is 10.0 Å². The smallest absolute Gasteiger partial charge is 0.322 e. The Morgan fingerprint density at radius 1 is 1.27 bits per heavy atom. The van der Waals surface area contributed by atoms with Gasteiger partial charge < -0.3 is 19.9 Å². The maximum atomic E-state index is 13.4. The van der Waals surface area contributed by atoms with E-state index in [2.05, 4.69) is 10.3 Å². The van der Waals surface area contributed by atoms with Crippen LogP contribution in [0, 0.1) is 5.82 Å². The number of urea groups is 1. The summed E-state index contributed by atoms with van der Waals surface area (Å²) in [6.07, 6.45) is 0. The highest BCUT2D eigenvalue weighted by molar-refractivity contribution is 6.31. The molecule has 2 amide bonds. The van der Waals surface area contributed by atoms with Crippen LogP contribution >= 0.6 is 23.2 Å². The molecule has 1 aliphatic heterocycles. The van der Waals surface area contributed by atoms with E-state index in [1.54, 1.807) is 23.1 Å². The monoisotopic (exact) mass is 449 g/mol. The lowest BCUT2D eigenvalue weighted by Gasteiger charge is -2.35. The number of aromatic nitrogens is 1. The minimum absolute atomic E-state index is 0.0809. The van der Waals surface area contributed by atoms with E-state index in [9.17, 15) is 14.0 Å². The summed E-state index contributed by atoms with van der Waals surface area (Å²) in [7, 11) is 0. The van der Waals surface area contributed by atoms with Gasteiger partial charge in [-0.2, -0.15) is 0 Å². The molecule has 0 fully saturated rings. The van der Waals surface area contributed by atoms with E-state index < -0.39 is 17.9 Å². The van der Waals surface area contributed by atoms with Gasteiger partial charge in [0.05, 0.1) is 24.3 Å². The fourth-order valence-electron chi connectivity index (χ4n) is 3.74. The number of benzene rings is 2. The molecule has 2 N–H and O–H groups in total. The predicted molar refractivity (Wildman–Crippen MR) is 115 cm³/mol. The van der Waals surface area contributed by atoms with Crippen molar-refractivity contribution in [3.63, 3.8) is 0 Å². The number of hydrogen-bond acceptors (Lipinski definition) is 3. The molecule has 0 unspecified atom stereocenters. The number of nitrogens with one attached hydrogen (secondary N) is 2. The Morgan fingerprint density at radius 2 is 2.07 bits per heavy atom. The number of hydrogen-bond donors (Lipinski definition) is 2. The van der Waals surface area contributed by atoms with Gasteiger partial charge in [-0.15, -0.1) is 0 Å². The molecule has 4 rings (SSSR count). The van der Waals surface area contributed by atoms with E-state index in [1.165, 1.54) is 18.2 Å². The van der Waals surface area contributed by atoms with Crippen LogP contribution in [-0.2, 0) is 11.3 Å². The molecular weight excluding hydrogens is 432 g/mol. The first-order chi connectivity index (χ1) is 14.4. The van der Waals surface area contributed by atoms with E-state index in [0.29, 0.717) is 28.3 Å². The molecule has 0 aliphatic carbocycles. The third-order valence-corrected chi connectivity index (χ3v) is 5.63. The Labute approximate surface area is 181 Å². The van der Waals surface area contributed by atoms with Crippen LogP contribution in [0.5, 0.6) is 0 Å². The van der Waals surface area contributed by atoms with Crippen molar-refractivity contribution in [1.29, 1.82) is 0 Å². The molecule has 6 nitrogen and oxygen atoms in total. The van der Waals surface area contributed by atoms with Crippen molar-refractivity contribution in [2.75, 3.05) is 18.5 Å². The van der Waals surface area contributed by atoms with Gasteiger partial charge in [0.2, 0.25) is 0 Å². The average Bonchev–Trinajstić information content (AvgIpc) is 2.71. The molecule has 0 bridgehead atoms. The summed E-state index contributed by atoms with van der Waals surface area (Å²) >= 11 is 11.9. The van der Waals surface area contributed by atoms with Crippen LogP contribution in [0.25, 0.3) is 10.8 Å². The summed E-state index contributed by atoms with van der Waals surface area (Å²) in [6.45, 7) is 2.73. The summed E-state index contributed by atoms with van der Waals surface area (Å²) in [5.74, 6) is -0.564. The fraction of sp³-hybridized carbons (Fsp3) is 0.238. The lowest BCUT2D eigenvalue weighted by Crippen LogP contribution is -2.42. The van der Waals surface area contributed by atoms with E-state index in [4.69, 9.17) is 27.9 Å². The van der Waals surface area contributed by atoms with Gasteiger partial charge in [0, 0.05) is 33.9 Å². The number of carbonyl (C=O) groups is 1. The summed E-state index contributed by atoms with van der Waals surface area (Å²) in [5, 5.41) is 4.30. The SMILES string of the molecule is CCN(C(=O)Nc1ccc(F)c(Cl)c1)[C@H]1COCc2[nH]c(=O)c3cc(Cl)ccc3c21. The number of nitrogens with zero attached hydrogens (tertiary/aromatic N) is 1. The zero-order valence-electron chi connectivity index (χ0n) is 16.0. The average molecular weight is 450 g/mol. The Bertz CT molecular complexity index is 1200. The largest absolute Gasteiger partial charge is 0.373 e. The number of pyridine rings is 1. The van der Waals surface area contributed by atoms with Crippen molar-refractivity contribution < 1.29 is 13.9 Å². The zero-order valence-corrected chi connectivity index (χ0v) is 17.5. The highest BCUT2D eigenvalue weighted by Crippen LogP contribution is 2.34. The lowest BCUT2D eigenvalue weighted by molar-refractivity contribution is 0.0471. The number of aromatic amines is 1. The normalized spacial score (nSPS) is 15.7. The molecule has 0 radical (unpaired) electrons. The van der Waals surface area contributed by atoms with Gasteiger partial charge in [0.1, 0.15) is 5.82 Å². The van der Waals surface area contributed by atoms with Crippen molar-refractivity contribution in [3.05, 3.63) is 73.9 Å². The third kappa shape index (κ3) is 3.76. The van der Waals surface area contributed by atoms with Crippen LogP contribution in [-0.4, -0.2) is 29.1 Å². The molecule has 9 heteroatoms. The van der Waals surface area contributed by atoms with Crippen LogP contribution in [0.3, 0.4) is 0 Å². The minimum atomic E-state index is -0.564. The quantitative estimate of drug-likeness (QED) is 0.583. The van der Waals surface area contributed by atoms with Gasteiger partial charge in [-0.05, 0) is 42.6 Å². The van der Waals surface area contributed by atoms with Crippen molar-refractivity contribution in [1.82, 2.24) is 9.88 Å². The molecule has 0 spiro atoms. The Morgan fingerprint density at radius 3 is 2.80 bits per heavy atom. The van der Waals surface area contributed by atoms with Gasteiger partial charge in [0.15, 0.2) is 0 Å². The Kier molecular flexibility index (Phi) is 5.69. The molecule has 2 heterocycles. The number of carbonyl (C=O) groups excluding carboxylic acids is 1. The second-order valence-corrected chi connectivity index (χ2v) is 7.76. The van der Waals surface area contributed by atoms with Crippen LogP contribution < -0.4 is 10.9 Å². The van der Waals surface area contributed by atoms with Crippen LogP contribution in [0.15, 0.2) is 41.2 Å². The number of fused-ring (bicyclic) bond motifs is 3. The topological polar surface area (TPSA) is 74.4 Å². The zero-order chi connectivity index (χ0) is 21.4. The van der Waals surface area contributed by atoms with Crippen molar-refractivity contribution in [3.8, 4) is 0 Å². The first-order valence-corrected chi connectivity index (χ1v) is 10.1. The van der Waals surface area contributed by atoms with Gasteiger partial charge in [-0.25, -0.2) is 9.18 Å². The first kappa shape index (κ1) is 20.7. The summed E-state index contributed by atoms with van der Waals surface area (Å²) in [6, 6.07) is 8.26. The summed E-state index contributed by atoms with van der Waals surface area (Å²) < 4.78 is 19.1. The summed E-state index contributed by atoms with van der Waals surface area (Å²) in [4.78, 5) is 30.0. The molecule has 30 heavy (non-hydrogen) atoms. The maximum absolute atomic E-state index is 13.4. The maximum Gasteiger partial charge on any atom is 0.322 e. The third-order valence-electron chi connectivity index (χ3n) is 5.11. The number of ether oxygens (including phenoxy) is 1. The number of halogens is 3. The van der Waals surface area contributed by atoms with Crippen LogP contribution in [0.1, 0.15) is 24.2 Å². The van der Waals surface area contributed by atoms with Gasteiger partial charge in [0.25, 0.3) is 5.56 Å². The highest BCUT2D eigenvalue weighted by atomic mass is 35.5. The molecule has 0 saturated heterocycles. The molecule has 1 aromatic heterocycles. The molecular formula is C21H18Cl2FN3O3. The van der Waals surface area contributed by atoms with Crippen LogP contribution in [0.4, 0.5) is 14.9 Å². The van der Waals surface area contributed by atoms with E-state index in [1.807, 2.05) is 6.92 Å². The van der Waals surface area contributed by atoms with Crippen molar-refractivity contribution in [2.24, 2.45) is 0 Å². The lowest BCUT2D eigenvalue weighted by atomic mass is 9.95. The second kappa shape index (κ2) is 8.26. The van der Waals surface area contributed by atoms with E-state index in [-0.39, 0.29) is 23.8 Å². The molecule has 2 aromatic carbocycles. The van der Waals surface area contributed by atoms with Gasteiger partial charge in [-0.1, -0.05) is 29.3 Å². The van der Waals surface area contributed by atoms with Crippen molar-refractivity contribution >= 4 is 45.7 Å². The van der Waals surface area contributed by atoms with Gasteiger partial charge in [-0.3, -0.25) is 4.79 Å². The molecule has 1 atom stereocenters. The predicted octanol–water partition coefficient (Wildman–Crippen LogP) is 5.10. The molecule has 156 valence electrons. The number of rotatable bonds is 3. The number of anilines is 1. The number of likely N-dealkylation sites (N-methyl/N-ethyl adjacent to an activating group) is 1. The van der Waals surface area contributed by atoms with E-state index >= 15 is 0 Å². The van der Waals surface area contributed by atoms with Gasteiger partial charge >= 0.3 is 6.03 Å². The minimum Gasteiger partial charge on any atom is -0.373 e. The number of amides is 2. The standard InChI is InChI=1S/C21H18Cl2FN3O3/c1-2-27(21(29)25-12-4-6-16(24)15(23)8-12)18-10-30-9-17-19(18)13-5-3-11(22)7-14(13)20(28)26-17/h3-8,18H,2,9-10H2,1H3,(H,25,29)(H,26,28)/t18-/m0/s1. The molecule has 1 aliphatic rings. The summed E-state index contributed by atoms with van der Waals surface area (Å²) in [5.41, 5.74) is 1.56. The fourth-order valence-corrected chi connectivity index (χ4v) is 4.10. The Hall–Kier alpha value is -2.61. The van der Waals surface area contributed by atoms with Crippen molar-refractivity contribution in [2.45, 2.75) is 19.6 Å². The van der Waals surface area contributed by atoms with E-state index in [0.717, 1.165) is 10.9 Å². The Balaban J connectivity index is 1.74. The first-order valence-electron chi connectivity index (χ1n) is 9.33. The molecule has 3 aromatic rings.